The monoisotopic (exact) mass is 490 g/mol. The summed E-state index contributed by atoms with van der Waals surface area (Å²) in [7, 11) is 6.22. The number of para-hydroxylation sites is 1. The van der Waals surface area contributed by atoms with Crippen molar-refractivity contribution in [2.24, 2.45) is 0 Å². The van der Waals surface area contributed by atoms with Crippen molar-refractivity contribution in [3.05, 3.63) is 58.1 Å². The zero-order chi connectivity index (χ0) is 24.7. The van der Waals surface area contributed by atoms with Crippen LogP contribution in [0.1, 0.15) is 32.9 Å². The van der Waals surface area contributed by atoms with Gasteiger partial charge in [-0.1, -0.05) is 18.2 Å². The predicted octanol–water partition coefficient (Wildman–Crippen LogP) is 5.30. The van der Waals surface area contributed by atoms with Crippen molar-refractivity contribution in [3.63, 3.8) is 0 Å². The molecule has 35 heavy (non-hydrogen) atoms. The Balaban J connectivity index is 1.74. The van der Waals surface area contributed by atoms with Crippen LogP contribution in [0.4, 0.5) is 5.69 Å². The molecule has 0 saturated heterocycles. The summed E-state index contributed by atoms with van der Waals surface area (Å²) in [5.41, 5.74) is 11.7. The van der Waals surface area contributed by atoms with Gasteiger partial charge in [0.15, 0.2) is 11.5 Å². The number of nitrogen functional groups attached to an aromatic ring is 1. The number of fused-ring (bicyclic) bond motifs is 2. The van der Waals surface area contributed by atoms with Crippen molar-refractivity contribution in [1.29, 1.82) is 0 Å². The molecule has 0 amide bonds. The largest absolute Gasteiger partial charge is 0.496 e. The fourth-order valence-corrected chi connectivity index (χ4v) is 5.89. The van der Waals surface area contributed by atoms with Crippen LogP contribution in [0.3, 0.4) is 0 Å². The summed E-state index contributed by atoms with van der Waals surface area (Å²) in [5, 5.41) is 0.802. The first-order valence-corrected chi connectivity index (χ1v) is 12.1. The summed E-state index contributed by atoms with van der Waals surface area (Å²) < 4.78 is 22.0. The number of aryl methyl sites for hydroxylation is 1. The molecule has 1 aliphatic rings. The number of hydrogen-bond acceptors (Lipinski definition) is 8. The highest BCUT2D eigenvalue weighted by Crippen LogP contribution is 2.47. The minimum Gasteiger partial charge on any atom is -0.496 e. The molecule has 2 aromatic heterocycles. The average Bonchev–Trinajstić information content (AvgIpc) is 3.50. The number of carbonyl (C=O) groups is 1. The first-order valence-electron chi connectivity index (χ1n) is 11.2. The van der Waals surface area contributed by atoms with E-state index in [0.717, 1.165) is 52.0 Å². The number of aromatic nitrogens is 1. The van der Waals surface area contributed by atoms with Gasteiger partial charge >= 0.3 is 0 Å². The summed E-state index contributed by atoms with van der Waals surface area (Å²) in [5.74, 6) is 1.77. The lowest BCUT2D eigenvalue weighted by Crippen LogP contribution is -2.05. The summed E-state index contributed by atoms with van der Waals surface area (Å²) in [6, 6.07) is 11.2. The topological polar surface area (TPSA) is 92.9 Å². The van der Waals surface area contributed by atoms with Gasteiger partial charge < -0.3 is 24.7 Å². The first kappa shape index (κ1) is 23.0. The van der Waals surface area contributed by atoms with Crippen molar-refractivity contribution in [3.8, 4) is 34.1 Å². The molecule has 2 aromatic carbocycles. The number of pyridine rings is 1. The molecule has 0 unspecified atom stereocenters. The van der Waals surface area contributed by atoms with E-state index in [2.05, 4.69) is 0 Å². The maximum absolute atomic E-state index is 13.7. The van der Waals surface area contributed by atoms with Crippen molar-refractivity contribution in [2.75, 3.05) is 34.2 Å². The van der Waals surface area contributed by atoms with Crippen LogP contribution in [0.5, 0.6) is 23.0 Å². The maximum Gasteiger partial charge on any atom is 0.205 e. The molecule has 0 spiro atoms. The molecule has 0 aliphatic heterocycles. The Morgan fingerprint density at radius 1 is 0.943 bits per heavy atom. The number of nitrogens with two attached hydrogens (primary N) is 1. The minimum absolute atomic E-state index is 0.226. The normalized spacial score (nSPS) is 12.5. The van der Waals surface area contributed by atoms with Gasteiger partial charge in [0.25, 0.3) is 0 Å². The number of ketones is 1. The van der Waals surface area contributed by atoms with E-state index in [1.807, 2.05) is 24.3 Å². The third-order valence-corrected chi connectivity index (χ3v) is 7.51. The molecule has 2 N–H and O–H groups in total. The minimum atomic E-state index is -0.226. The lowest BCUT2D eigenvalue weighted by molar-refractivity contribution is 0.104. The number of methoxy groups -OCH3 is 4. The second kappa shape index (κ2) is 9.11. The van der Waals surface area contributed by atoms with Crippen LogP contribution in [0.15, 0.2) is 36.4 Å². The predicted molar refractivity (Wildman–Crippen MR) is 138 cm³/mol. The van der Waals surface area contributed by atoms with Crippen LogP contribution >= 0.6 is 11.3 Å². The lowest BCUT2D eigenvalue weighted by atomic mass is 9.94. The smallest absolute Gasteiger partial charge is 0.205 e. The molecule has 7 nitrogen and oxygen atoms in total. The van der Waals surface area contributed by atoms with Crippen molar-refractivity contribution in [1.82, 2.24) is 4.98 Å². The Kier molecular flexibility index (Phi) is 5.98. The summed E-state index contributed by atoms with van der Waals surface area (Å²) >= 11 is 1.31. The van der Waals surface area contributed by atoms with Crippen LogP contribution in [-0.2, 0) is 12.8 Å². The SMILES string of the molecule is COc1ccccc1-c1c2c(nc3sc(C(=O)c4cc(OC)c(OC)c(OC)c4)c(N)c13)CCC2. The molecular weight excluding hydrogens is 464 g/mol. The van der Waals surface area contributed by atoms with Gasteiger partial charge in [0.1, 0.15) is 15.5 Å². The number of benzene rings is 2. The number of rotatable bonds is 7. The van der Waals surface area contributed by atoms with Crippen LogP contribution in [0.25, 0.3) is 21.3 Å². The highest BCUT2D eigenvalue weighted by molar-refractivity contribution is 7.21. The van der Waals surface area contributed by atoms with Crippen LogP contribution < -0.4 is 24.7 Å². The van der Waals surface area contributed by atoms with Gasteiger partial charge in [-0.2, -0.15) is 0 Å². The highest BCUT2D eigenvalue weighted by Gasteiger charge is 2.29. The molecule has 8 heteroatoms. The van der Waals surface area contributed by atoms with Gasteiger partial charge in [-0.3, -0.25) is 4.79 Å². The second-order valence-electron chi connectivity index (χ2n) is 8.23. The fourth-order valence-electron chi connectivity index (χ4n) is 4.81. The molecule has 5 rings (SSSR count). The summed E-state index contributed by atoms with van der Waals surface area (Å²) in [6.45, 7) is 0. The van der Waals surface area contributed by atoms with Gasteiger partial charge in [0.2, 0.25) is 11.5 Å². The molecule has 1 aliphatic carbocycles. The molecule has 4 aromatic rings. The van der Waals surface area contributed by atoms with Gasteiger partial charge in [-0.05, 0) is 43.0 Å². The Bertz CT molecular complexity index is 1430. The van der Waals surface area contributed by atoms with Crippen LogP contribution in [0.2, 0.25) is 0 Å². The Labute approximate surface area is 207 Å². The number of ether oxygens (including phenoxy) is 4. The van der Waals surface area contributed by atoms with E-state index in [1.165, 1.54) is 38.2 Å². The maximum atomic E-state index is 13.7. The Hall–Kier alpha value is -3.78. The molecule has 0 radical (unpaired) electrons. The zero-order valence-electron chi connectivity index (χ0n) is 20.1. The Morgan fingerprint density at radius 3 is 2.29 bits per heavy atom. The summed E-state index contributed by atoms with van der Waals surface area (Å²) in [6.07, 6.45) is 2.86. The van der Waals surface area contributed by atoms with Crippen molar-refractivity contribution < 1.29 is 23.7 Å². The van der Waals surface area contributed by atoms with Crippen LogP contribution in [-0.4, -0.2) is 39.2 Å². The van der Waals surface area contributed by atoms with Gasteiger partial charge in [0, 0.05) is 27.8 Å². The number of thiophene rings is 1. The van der Waals surface area contributed by atoms with E-state index in [1.54, 1.807) is 19.2 Å². The number of carbonyl (C=O) groups excluding carboxylic acids is 1. The van der Waals surface area contributed by atoms with E-state index in [9.17, 15) is 4.79 Å². The van der Waals surface area contributed by atoms with E-state index in [4.69, 9.17) is 29.7 Å². The Morgan fingerprint density at radius 2 is 1.63 bits per heavy atom. The quantitative estimate of drug-likeness (QED) is 0.351. The molecular formula is C27H26N2O5S. The van der Waals surface area contributed by atoms with E-state index < -0.39 is 0 Å². The molecule has 2 heterocycles. The van der Waals surface area contributed by atoms with Gasteiger partial charge in [-0.25, -0.2) is 4.98 Å². The number of nitrogens with zero attached hydrogens (tertiary/aromatic N) is 1. The third-order valence-electron chi connectivity index (χ3n) is 6.41. The number of anilines is 1. The molecule has 180 valence electrons. The standard InChI is InChI=1S/C27H26N2O5S/c1-31-18-11-6-5-8-16(18)21-15-9-7-10-17(15)29-27-22(21)23(28)26(35-27)24(30)14-12-19(32-2)25(34-4)20(13-14)33-3/h5-6,8,11-13H,7,9-10,28H2,1-4H3. The van der Waals surface area contributed by atoms with E-state index in [0.29, 0.717) is 33.4 Å². The molecule has 0 saturated carbocycles. The molecule has 0 atom stereocenters. The number of hydrogen-bond donors (Lipinski definition) is 1. The third kappa shape index (κ3) is 3.65. The van der Waals surface area contributed by atoms with Crippen molar-refractivity contribution in [2.45, 2.75) is 19.3 Å². The van der Waals surface area contributed by atoms with Gasteiger partial charge in [-0.15, -0.1) is 11.3 Å². The average molecular weight is 491 g/mol. The molecule has 0 bridgehead atoms. The van der Waals surface area contributed by atoms with Crippen molar-refractivity contribution >= 4 is 33.0 Å². The first-order chi connectivity index (χ1) is 17.0. The highest BCUT2D eigenvalue weighted by atomic mass is 32.1. The van der Waals surface area contributed by atoms with E-state index in [-0.39, 0.29) is 5.78 Å². The second-order valence-corrected chi connectivity index (χ2v) is 9.23. The van der Waals surface area contributed by atoms with E-state index >= 15 is 0 Å². The van der Waals surface area contributed by atoms with Gasteiger partial charge in [0.05, 0.1) is 34.1 Å². The summed E-state index contributed by atoms with van der Waals surface area (Å²) in [4.78, 5) is 19.8. The van der Waals surface area contributed by atoms with Crippen LogP contribution in [0, 0.1) is 0 Å². The lowest BCUT2D eigenvalue weighted by Gasteiger charge is -2.14. The molecule has 0 fully saturated rings. The fraction of sp³-hybridized carbons (Fsp3) is 0.259. The zero-order valence-corrected chi connectivity index (χ0v) is 20.9.